The number of aryl methyl sites for hydroxylation is 1. The summed E-state index contributed by atoms with van der Waals surface area (Å²) in [6.07, 6.45) is -2.04. The minimum absolute atomic E-state index is 0.00498. The molecule has 0 radical (unpaired) electrons. The van der Waals surface area contributed by atoms with Crippen molar-refractivity contribution in [1.29, 1.82) is 0 Å². The molecule has 1 aliphatic rings. The summed E-state index contributed by atoms with van der Waals surface area (Å²) in [5.41, 5.74) is 0.698. The molecule has 1 saturated heterocycles. The molecular weight excluding hydrogens is 1220 g/mol. The van der Waals surface area contributed by atoms with E-state index < -0.39 is 167 Å². The number of rotatable bonds is 16. The average Bonchev–Trinajstić information content (AvgIpc) is 1.75. The minimum atomic E-state index is -1.67. The van der Waals surface area contributed by atoms with Crippen molar-refractivity contribution in [2.24, 2.45) is 66.2 Å². The molecule has 3 rings (SSSR count). The normalized spacial score (nSPS) is 25.5. The largest absolute Gasteiger partial charge is 0.478 e. The number of likely N-dealkylation sites (N-methyl/N-ethyl adjacent to an activating group) is 7. The Bertz CT molecular complexity index is 3060. The Morgan fingerprint density at radius 1 is 0.547 bits per heavy atom. The zero-order chi connectivity index (χ0) is 72.9. The van der Waals surface area contributed by atoms with Crippen molar-refractivity contribution in [3.63, 3.8) is 0 Å². The Balaban J connectivity index is 2.35. The number of carbonyl (C=O) groups excluding carboxylic acids is 11. The van der Waals surface area contributed by atoms with Crippen LogP contribution in [0.25, 0.3) is 11.0 Å². The molecule has 8 amide bonds. The molecule has 0 saturated carbocycles. The summed E-state index contributed by atoms with van der Waals surface area (Å²) in [5.74, 6) is -12.8. The molecule has 534 valence electrons. The number of carboxylic acid groups (broad SMARTS) is 1. The minimum Gasteiger partial charge on any atom is -0.478 e. The number of hydrogen-bond acceptors (Lipinski definition) is 14. The highest BCUT2D eigenvalue weighted by Gasteiger charge is 2.46. The monoisotopic (exact) mass is 1330 g/mol. The van der Waals surface area contributed by atoms with Gasteiger partial charge in [0.15, 0.2) is 17.3 Å². The molecule has 0 unspecified atom stereocenters. The molecule has 0 spiro atoms. The maximum atomic E-state index is 15.5. The van der Waals surface area contributed by atoms with Crippen LogP contribution in [-0.4, -0.2) is 229 Å². The zero-order valence-corrected chi connectivity index (χ0v) is 61.5. The number of aliphatic hydroxyl groups excluding tert-OH is 1. The van der Waals surface area contributed by atoms with Crippen LogP contribution in [0.1, 0.15) is 178 Å². The first-order valence-corrected chi connectivity index (χ1v) is 34.0. The van der Waals surface area contributed by atoms with Crippen LogP contribution in [0.2, 0.25) is 0 Å². The lowest BCUT2D eigenvalue weighted by molar-refractivity contribution is -0.157. The van der Waals surface area contributed by atoms with E-state index >= 15 is 19.2 Å². The number of nitrogens with one attached hydrogen (secondary N) is 1. The summed E-state index contributed by atoms with van der Waals surface area (Å²) in [6, 6.07) is -3.93. The van der Waals surface area contributed by atoms with Gasteiger partial charge >= 0.3 is 5.97 Å². The molecule has 0 bridgehead atoms. The number of aromatic nitrogens is 2. The van der Waals surface area contributed by atoms with E-state index in [9.17, 15) is 48.6 Å². The van der Waals surface area contributed by atoms with Crippen molar-refractivity contribution >= 4 is 81.6 Å². The van der Waals surface area contributed by atoms with Crippen molar-refractivity contribution in [2.75, 3.05) is 55.9 Å². The van der Waals surface area contributed by atoms with Gasteiger partial charge in [-0.3, -0.25) is 52.7 Å². The van der Waals surface area contributed by atoms with Gasteiger partial charge in [-0.25, -0.2) is 9.78 Å². The number of carbonyl (C=O) groups is 12. The Hall–Kier alpha value is -7.11. The number of Topliss-reactive ketones (excluding diaryl/α,β-unsaturated/α-hetero) is 3. The first-order valence-electron chi connectivity index (χ1n) is 34.0. The zero-order valence-electron chi connectivity index (χ0n) is 61.5. The molecule has 2 aromatic rings. The Labute approximate surface area is 564 Å². The molecule has 2 heterocycles. The second kappa shape index (κ2) is 35.8. The predicted molar refractivity (Wildman–Crippen MR) is 364 cm³/mol. The fraction of sp³-hybridized carbons (Fsp3) is 0.732. The van der Waals surface area contributed by atoms with E-state index in [4.69, 9.17) is 4.98 Å². The lowest BCUT2D eigenvalue weighted by atomic mass is 9.84. The highest BCUT2D eigenvalue weighted by Crippen LogP contribution is 2.30. The van der Waals surface area contributed by atoms with Crippen LogP contribution < -0.4 is 5.32 Å². The van der Waals surface area contributed by atoms with Crippen LogP contribution in [0.5, 0.6) is 0 Å². The van der Waals surface area contributed by atoms with Gasteiger partial charge in [-0.05, 0) is 92.6 Å². The topological polar surface area (TPSA) is 298 Å². The highest BCUT2D eigenvalue weighted by atomic mass is 16.4. The van der Waals surface area contributed by atoms with E-state index in [1.54, 1.807) is 72.2 Å². The van der Waals surface area contributed by atoms with E-state index in [1.807, 2.05) is 55.4 Å². The lowest BCUT2D eigenvalue weighted by Gasteiger charge is -2.41. The number of aliphatic hydroxyl groups is 1. The second-order valence-electron chi connectivity index (χ2n) is 29.5. The number of nitrogens with zero attached hydrogens (tertiary/aromatic N) is 9. The highest BCUT2D eigenvalue weighted by molar-refractivity contribution is 6.02. The van der Waals surface area contributed by atoms with Crippen molar-refractivity contribution in [3.8, 4) is 0 Å². The number of carboxylic acids is 1. The van der Waals surface area contributed by atoms with E-state index in [2.05, 4.69) is 5.32 Å². The fourth-order valence-electron chi connectivity index (χ4n) is 13.1. The van der Waals surface area contributed by atoms with E-state index in [1.165, 1.54) is 91.7 Å². The molecule has 24 heteroatoms. The van der Waals surface area contributed by atoms with Gasteiger partial charge in [0.1, 0.15) is 36.0 Å². The third kappa shape index (κ3) is 20.9. The van der Waals surface area contributed by atoms with Gasteiger partial charge in [0, 0.05) is 99.8 Å². The average molecular weight is 1330 g/mol. The summed E-state index contributed by atoms with van der Waals surface area (Å²) in [7, 11) is 11.7. The van der Waals surface area contributed by atoms with E-state index in [0.717, 1.165) is 4.90 Å². The molecule has 12 atom stereocenters. The maximum absolute atomic E-state index is 15.5. The third-order valence-electron chi connectivity index (χ3n) is 19.0. The van der Waals surface area contributed by atoms with Crippen LogP contribution in [-0.2, 0) is 66.2 Å². The van der Waals surface area contributed by atoms with Crippen molar-refractivity contribution in [1.82, 2.24) is 49.2 Å². The molecule has 1 aromatic heterocycles. The number of amides is 8. The Morgan fingerprint density at radius 2 is 1.01 bits per heavy atom. The van der Waals surface area contributed by atoms with Crippen LogP contribution in [0, 0.1) is 59.2 Å². The van der Waals surface area contributed by atoms with E-state index in [-0.39, 0.29) is 80.6 Å². The van der Waals surface area contributed by atoms with E-state index in [0.29, 0.717) is 16.9 Å². The fourth-order valence-corrected chi connectivity index (χ4v) is 13.1. The molecule has 24 nitrogen and oxygen atoms in total. The number of fused-ring (bicyclic) bond motifs is 1. The number of ketones is 3. The molecule has 0 aliphatic carbocycles. The molecule has 1 aromatic carbocycles. The van der Waals surface area contributed by atoms with Gasteiger partial charge < -0.3 is 54.4 Å². The molecule has 1 fully saturated rings. The van der Waals surface area contributed by atoms with Crippen LogP contribution >= 0.6 is 0 Å². The number of benzene rings is 1. The quantitative estimate of drug-likeness (QED) is 0.164. The lowest BCUT2D eigenvalue weighted by Crippen LogP contribution is -2.62. The van der Waals surface area contributed by atoms with Crippen LogP contribution in [0.4, 0.5) is 0 Å². The summed E-state index contributed by atoms with van der Waals surface area (Å²) in [4.78, 5) is 189. The van der Waals surface area contributed by atoms with Gasteiger partial charge in [-0.1, -0.05) is 110 Å². The van der Waals surface area contributed by atoms with Crippen molar-refractivity contribution in [3.05, 3.63) is 29.6 Å². The van der Waals surface area contributed by atoms with Gasteiger partial charge in [0.25, 0.3) is 0 Å². The number of para-hydroxylation sites is 1. The first-order chi connectivity index (χ1) is 43.9. The van der Waals surface area contributed by atoms with Crippen molar-refractivity contribution in [2.45, 2.75) is 217 Å². The second-order valence-corrected chi connectivity index (χ2v) is 29.5. The van der Waals surface area contributed by atoms with Gasteiger partial charge in [-0.2, -0.15) is 0 Å². The SMILES string of the molecule is CC[C@@H]1CC(=O)[C@H]([C@H](O)[C@H](C)Cc2nc3cccc(C(=O)O)c3n2C)N(C)C(=O)[C@H](C(C)C)N(C)C(=O)[C@H](CC(C)C)N(C)C(=O)[C@H](CC(C)C)N(C)C(=O)[C@@H](C)NC(=O)[C@H](C)CC(=O)[C@H](CC(C)C)N(C)C(=O)[C@H](C(C)C)CC(=O)[C@H](CC(C)C)N(C)C(=O)CN(C)C1=O. The summed E-state index contributed by atoms with van der Waals surface area (Å²) in [6.45, 7) is 27.9. The molecule has 1 aliphatic heterocycles. The summed E-state index contributed by atoms with van der Waals surface area (Å²) in [5, 5.41) is 25.5. The van der Waals surface area contributed by atoms with Crippen LogP contribution in [0.15, 0.2) is 18.2 Å². The molecular formula is C71H116N10O14. The Morgan fingerprint density at radius 3 is 1.49 bits per heavy atom. The van der Waals surface area contributed by atoms with Gasteiger partial charge in [-0.15, -0.1) is 0 Å². The summed E-state index contributed by atoms with van der Waals surface area (Å²) < 4.78 is 1.60. The number of imidazole rings is 1. The third-order valence-corrected chi connectivity index (χ3v) is 19.0. The standard InChI is InChI=1S/C71H116N10O14/c1-25-47-35-57(84)62(63(86)44(14)34-58-73-50-28-26-27-48(71(94)95)61(50)79(58)22)81(24)70(93)60(43(12)13)80(23)69(92)54(32-41(8)9)78(21)68(91)53(31-40(6)7)77(20)65(88)46(16)72-64(87)45(15)33-55(82)52(30-39(4)5)76(19)67(90)49(42(10)11)36-56(83)51(29-38(2)3)75(18)59(85)37-74(17)66(47)89/h26-28,38-47,49,51-54,60,62-63,86H,25,29-37H2,1-24H3,(H,72,87)(H,94,95)/t44-,45-,46-,47-,49+,51+,52+,53+,54+,60+,62-,63-/m1/s1. The first kappa shape index (κ1) is 82.1. The number of hydrogen-bond donors (Lipinski definition) is 3. The summed E-state index contributed by atoms with van der Waals surface area (Å²) >= 11 is 0. The number of aromatic carboxylic acids is 1. The van der Waals surface area contributed by atoms with Gasteiger partial charge in [0.05, 0.1) is 41.3 Å². The predicted octanol–water partition coefficient (Wildman–Crippen LogP) is 6.40. The Kier molecular flexibility index (Phi) is 30.9. The molecule has 95 heavy (non-hydrogen) atoms. The molecule has 3 N–H and O–H groups in total. The van der Waals surface area contributed by atoms with Crippen LogP contribution in [0.3, 0.4) is 0 Å². The van der Waals surface area contributed by atoms with Gasteiger partial charge in [0.2, 0.25) is 47.3 Å². The smallest absolute Gasteiger partial charge is 0.337 e. The van der Waals surface area contributed by atoms with Crippen molar-refractivity contribution < 1.29 is 67.7 Å². The maximum Gasteiger partial charge on any atom is 0.337 e.